The number of hydrogen-bond acceptors (Lipinski definition) is 5. The number of fused-ring (bicyclic) bond motifs is 1. The van der Waals surface area contributed by atoms with Crippen LogP contribution in [0.5, 0.6) is 5.75 Å². The quantitative estimate of drug-likeness (QED) is 0.348. The van der Waals surface area contributed by atoms with E-state index < -0.39 is 5.97 Å². The summed E-state index contributed by atoms with van der Waals surface area (Å²) in [6.07, 6.45) is 7.07. The van der Waals surface area contributed by atoms with Gasteiger partial charge in [-0.2, -0.15) is 0 Å². The largest absolute Gasteiger partial charge is 0.424 e. The van der Waals surface area contributed by atoms with Gasteiger partial charge >= 0.3 is 5.97 Å². The van der Waals surface area contributed by atoms with Crippen molar-refractivity contribution in [2.24, 2.45) is 35.5 Å². The first-order chi connectivity index (χ1) is 14.1. The van der Waals surface area contributed by atoms with Gasteiger partial charge in [-0.05, 0) is 42.2 Å². The standard InChI is InChI=1S/C23H20N2O4/c26-18(29-17-5-1-3-12-4-2-9-24-21(12)17)8-10-25-22(27)19-13-6-7-14(16-11-15(13)16)20(19)23(25)28/h1-7,9,13-16,19-20H,8,10-11H2/t13-,14-,15-,16-,19+,20+/m0/s1. The summed E-state index contributed by atoms with van der Waals surface area (Å²) in [6.45, 7) is 0.0798. The molecule has 0 spiro atoms. The maximum absolute atomic E-state index is 13.0. The zero-order valence-corrected chi connectivity index (χ0v) is 15.7. The van der Waals surface area contributed by atoms with Gasteiger partial charge in [-0.1, -0.05) is 30.4 Å². The van der Waals surface area contributed by atoms with Crippen LogP contribution in [0.1, 0.15) is 12.8 Å². The molecule has 5 aliphatic rings. The highest BCUT2D eigenvalue weighted by molar-refractivity contribution is 6.06. The summed E-state index contributed by atoms with van der Waals surface area (Å²) in [5.74, 6) is 0.812. The number of carbonyl (C=O) groups excluding carboxylic acids is 3. The van der Waals surface area contributed by atoms with E-state index in [1.165, 1.54) is 4.90 Å². The smallest absolute Gasteiger partial charge is 0.313 e. The summed E-state index contributed by atoms with van der Waals surface area (Å²) in [4.78, 5) is 43.9. The summed E-state index contributed by atoms with van der Waals surface area (Å²) >= 11 is 0. The van der Waals surface area contributed by atoms with Crippen LogP contribution >= 0.6 is 0 Å². The van der Waals surface area contributed by atoms with Crippen LogP contribution in [0.2, 0.25) is 0 Å². The predicted octanol–water partition coefficient (Wildman–Crippen LogP) is 2.58. The Balaban J connectivity index is 1.15. The number of ether oxygens (including phenoxy) is 1. The third-order valence-corrected chi connectivity index (χ3v) is 7.11. The minimum absolute atomic E-state index is 0.0181. The van der Waals surface area contributed by atoms with E-state index in [1.807, 2.05) is 18.2 Å². The van der Waals surface area contributed by atoms with Gasteiger partial charge in [0.25, 0.3) is 0 Å². The molecular weight excluding hydrogens is 368 g/mol. The van der Waals surface area contributed by atoms with Gasteiger partial charge in [-0.25, -0.2) is 0 Å². The Bertz CT molecular complexity index is 1050. The number of nitrogens with zero attached hydrogens (tertiary/aromatic N) is 2. The lowest BCUT2D eigenvalue weighted by molar-refractivity contribution is -0.141. The molecule has 6 nitrogen and oxygen atoms in total. The number of likely N-dealkylation sites (tertiary alicyclic amines) is 1. The van der Waals surface area contributed by atoms with Gasteiger partial charge in [0.2, 0.25) is 11.8 Å². The Labute approximate surface area is 167 Å². The van der Waals surface area contributed by atoms with Crippen molar-refractivity contribution in [2.75, 3.05) is 6.54 Å². The lowest BCUT2D eigenvalue weighted by atomic mass is 9.63. The predicted molar refractivity (Wildman–Crippen MR) is 103 cm³/mol. The first-order valence-corrected chi connectivity index (χ1v) is 10.2. The van der Waals surface area contributed by atoms with Crippen molar-refractivity contribution in [3.63, 3.8) is 0 Å². The zero-order valence-electron chi connectivity index (χ0n) is 15.7. The second kappa shape index (κ2) is 5.99. The molecule has 0 unspecified atom stereocenters. The summed E-state index contributed by atoms with van der Waals surface area (Å²) in [7, 11) is 0. The normalized spacial score (nSPS) is 33.7. The second-order valence-corrected chi connectivity index (χ2v) is 8.54. The van der Waals surface area contributed by atoms with Crippen molar-refractivity contribution in [2.45, 2.75) is 12.8 Å². The van der Waals surface area contributed by atoms with E-state index in [4.69, 9.17) is 4.74 Å². The van der Waals surface area contributed by atoms with E-state index in [0.717, 1.165) is 11.8 Å². The zero-order chi connectivity index (χ0) is 19.7. The maximum atomic E-state index is 13.0. The summed E-state index contributed by atoms with van der Waals surface area (Å²) in [5.41, 5.74) is 0.615. The van der Waals surface area contributed by atoms with Gasteiger partial charge in [0.15, 0.2) is 5.75 Å². The molecular formula is C23H20N2O4. The minimum Gasteiger partial charge on any atom is -0.424 e. The molecule has 6 heteroatoms. The van der Waals surface area contributed by atoms with Crippen molar-refractivity contribution >= 4 is 28.7 Å². The van der Waals surface area contributed by atoms with Gasteiger partial charge in [-0.3, -0.25) is 24.3 Å². The molecule has 1 aliphatic heterocycles. The molecule has 1 saturated heterocycles. The third kappa shape index (κ3) is 2.41. The van der Waals surface area contributed by atoms with Crippen LogP contribution in [0, 0.1) is 35.5 Å². The molecule has 3 fully saturated rings. The molecule has 2 aromatic rings. The number of allylic oxidation sites excluding steroid dienone is 2. The number of aromatic nitrogens is 1. The average molecular weight is 388 g/mol. The van der Waals surface area contributed by atoms with Crippen LogP contribution in [0.15, 0.2) is 48.7 Å². The van der Waals surface area contributed by atoms with Crippen LogP contribution in [0.25, 0.3) is 10.9 Å². The highest BCUT2D eigenvalue weighted by atomic mass is 16.5. The summed E-state index contributed by atoms with van der Waals surface area (Å²) in [6, 6.07) is 9.12. The number of rotatable bonds is 4. The highest BCUT2D eigenvalue weighted by Crippen LogP contribution is 2.65. The Morgan fingerprint density at radius 2 is 1.72 bits per heavy atom. The third-order valence-electron chi connectivity index (χ3n) is 7.11. The van der Waals surface area contributed by atoms with Crippen molar-refractivity contribution in [3.05, 3.63) is 48.7 Å². The highest BCUT2D eigenvalue weighted by Gasteiger charge is 2.66. The van der Waals surface area contributed by atoms with E-state index in [2.05, 4.69) is 17.1 Å². The van der Waals surface area contributed by atoms with E-state index in [-0.39, 0.29) is 48.5 Å². The van der Waals surface area contributed by atoms with Gasteiger partial charge in [-0.15, -0.1) is 0 Å². The number of amides is 2. The summed E-state index contributed by atoms with van der Waals surface area (Å²) in [5, 5.41) is 0.883. The maximum Gasteiger partial charge on any atom is 0.313 e. The monoisotopic (exact) mass is 388 g/mol. The number of hydrogen-bond donors (Lipinski definition) is 0. The Kier molecular flexibility index (Phi) is 3.49. The van der Waals surface area contributed by atoms with Gasteiger partial charge in [0.05, 0.1) is 18.3 Å². The van der Waals surface area contributed by atoms with E-state index >= 15 is 0 Å². The molecule has 2 saturated carbocycles. The van der Waals surface area contributed by atoms with E-state index in [0.29, 0.717) is 23.1 Å². The first kappa shape index (κ1) is 16.9. The number of esters is 1. The Morgan fingerprint density at radius 1 is 1.03 bits per heavy atom. The molecule has 2 bridgehead atoms. The number of pyridine rings is 1. The minimum atomic E-state index is -0.470. The molecule has 2 amide bonds. The molecule has 1 aromatic carbocycles. The fourth-order valence-electron chi connectivity index (χ4n) is 5.77. The average Bonchev–Trinajstić information content (AvgIpc) is 3.52. The second-order valence-electron chi connectivity index (χ2n) is 8.54. The Morgan fingerprint density at radius 3 is 2.45 bits per heavy atom. The molecule has 0 radical (unpaired) electrons. The van der Waals surface area contributed by atoms with Crippen LogP contribution in [0.4, 0.5) is 0 Å². The number of para-hydroxylation sites is 1. The van der Waals surface area contributed by atoms with Crippen molar-refractivity contribution in [3.8, 4) is 5.75 Å². The fraction of sp³-hybridized carbons (Fsp3) is 0.391. The van der Waals surface area contributed by atoms with Crippen molar-refractivity contribution < 1.29 is 19.1 Å². The Hall–Kier alpha value is -3.02. The van der Waals surface area contributed by atoms with E-state index in [1.54, 1.807) is 18.3 Å². The molecule has 4 aliphatic carbocycles. The topological polar surface area (TPSA) is 76.6 Å². The molecule has 0 N–H and O–H groups in total. The van der Waals surface area contributed by atoms with E-state index in [9.17, 15) is 14.4 Å². The molecule has 7 rings (SSSR count). The van der Waals surface area contributed by atoms with Crippen molar-refractivity contribution in [1.82, 2.24) is 9.88 Å². The van der Waals surface area contributed by atoms with Crippen LogP contribution in [0.3, 0.4) is 0 Å². The molecule has 29 heavy (non-hydrogen) atoms. The number of benzene rings is 1. The molecule has 146 valence electrons. The fourth-order valence-corrected chi connectivity index (χ4v) is 5.77. The van der Waals surface area contributed by atoms with Gasteiger partial charge < -0.3 is 4.74 Å². The van der Waals surface area contributed by atoms with Crippen LogP contribution in [-0.4, -0.2) is 34.2 Å². The molecule has 1 aromatic heterocycles. The lowest BCUT2D eigenvalue weighted by Gasteiger charge is -2.37. The van der Waals surface area contributed by atoms with Crippen molar-refractivity contribution in [1.29, 1.82) is 0 Å². The number of imide groups is 1. The first-order valence-electron chi connectivity index (χ1n) is 10.2. The SMILES string of the molecule is O=C(CCN1C(=O)[C@@H]2[C@H]3C=C[C@@H]([C@@H]4C[C@@H]34)[C@H]2C1=O)Oc1cccc2cccnc12. The lowest BCUT2D eigenvalue weighted by Crippen LogP contribution is -2.40. The van der Waals surface area contributed by atoms with Gasteiger partial charge in [0, 0.05) is 18.1 Å². The number of carbonyl (C=O) groups is 3. The summed E-state index contributed by atoms with van der Waals surface area (Å²) < 4.78 is 5.49. The van der Waals surface area contributed by atoms with Crippen LogP contribution in [-0.2, 0) is 14.4 Å². The van der Waals surface area contributed by atoms with Gasteiger partial charge in [0.1, 0.15) is 5.52 Å². The molecule has 6 atom stereocenters. The van der Waals surface area contributed by atoms with Crippen LogP contribution < -0.4 is 4.74 Å². The molecule has 2 heterocycles.